The molecule has 0 aliphatic rings. The lowest BCUT2D eigenvalue weighted by Gasteiger charge is -2.30. The van der Waals surface area contributed by atoms with E-state index in [1.807, 2.05) is 26.0 Å². The third-order valence-electron chi connectivity index (χ3n) is 4.85. The van der Waals surface area contributed by atoms with Crippen LogP contribution in [0.25, 0.3) is 0 Å². The number of esters is 1. The summed E-state index contributed by atoms with van der Waals surface area (Å²) in [6, 6.07) is 3.02. The molecule has 0 heterocycles. The van der Waals surface area contributed by atoms with Gasteiger partial charge in [-0.25, -0.2) is 4.79 Å². The number of methoxy groups -OCH3 is 1. The first kappa shape index (κ1) is 25.7. The molecule has 162 valence electrons. The fourth-order valence-electron chi connectivity index (χ4n) is 3.15. The van der Waals surface area contributed by atoms with Crippen molar-refractivity contribution in [2.45, 2.75) is 72.3 Å². The van der Waals surface area contributed by atoms with Gasteiger partial charge in [0.25, 0.3) is 0 Å². The summed E-state index contributed by atoms with van der Waals surface area (Å²) in [5.74, 6) is -0.776. The predicted octanol–water partition coefficient (Wildman–Crippen LogP) is 5.58. The molecule has 7 heteroatoms. The first-order valence-electron chi connectivity index (χ1n) is 10.1. The summed E-state index contributed by atoms with van der Waals surface area (Å²) in [7, 11) is 1.30. The van der Waals surface area contributed by atoms with E-state index in [1.54, 1.807) is 6.92 Å². The van der Waals surface area contributed by atoms with Gasteiger partial charge in [-0.05, 0) is 44.4 Å². The average molecular weight is 486 g/mol. The monoisotopic (exact) mass is 485 g/mol. The molecule has 0 saturated heterocycles. The minimum Gasteiger partial charge on any atom is -0.467 e. The van der Waals surface area contributed by atoms with E-state index < -0.39 is 12.0 Å². The van der Waals surface area contributed by atoms with Crippen LogP contribution in [0, 0.1) is 13.8 Å². The van der Waals surface area contributed by atoms with Gasteiger partial charge in [0.15, 0.2) is 5.12 Å². The van der Waals surface area contributed by atoms with Crippen LogP contribution in [0.4, 0.5) is 5.69 Å². The van der Waals surface area contributed by atoms with Crippen molar-refractivity contribution in [1.29, 1.82) is 0 Å². The number of aryl methyl sites for hydroxylation is 1. The van der Waals surface area contributed by atoms with Crippen molar-refractivity contribution >= 4 is 50.4 Å². The fourth-order valence-corrected chi connectivity index (χ4v) is 4.18. The summed E-state index contributed by atoms with van der Waals surface area (Å²) < 4.78 is 5.72. The van der Waals surface area contributed by atoms with Crippen molar-refractivity contribution in [2.75, 3.05) is 17.8 Å². The normalized spacial score (nSPS) is 11.8. The van der Waals surface area contributed by atoms with Gasteiger partial charge in [-0.1, -0.05) is 66.4 Å². The van der Waals surface area contributed by atoms with Crippen molar-refractivity contribution in [1.82, 2.24) is 0 Å². The van der Waals surface area contributed by atoms with Gasteiger partial charge < -0.3 is 4.74 Å². The van der Waals surface area contributed by atoms with Crippen LogP contribution in [0.15, 0.2) is 16.6 Å². The maximum Gasteiger partial charge on any atom is 0.328 e. The number of rotatable bonds is 11. The molecule has 0 N–H and O–H groups in total. The Morgan fingerprint density at radius 1 is 1.14 bits per heavy atom. The molecule has 0 fully saturated rings. The largest absolute Gasteiger partial charge is 0.467 e. The summed E-state index contributed by atoms with van der Waals surface area (Å²) in [4.78, 5) is 38.9. The third-order valence-corrected chi connectivity index (χ3v) is 6.62. The Morgan fingerprint density at radius 3 is 2.41 bits per heavy atom. The smallest absolute Gasteiger partial charge is 0.328 e. The molecule has 1 aromatic carbocycles. The third kappa shape index (κ3) is 7.78. The van der Waals surface area contributed by atoms with Crippen molar-refractivity contribution < 1.29 is 19.1 Å². The molecule has 0 spiro atoms. The summed E-state index contributed by atoms with van der Waals surface area (Å²) >= 11 is 4.53. The van der Waals surface area contributed by atoms with Crippen LogP contribution >= 0.6 is 27.7 Å². The minimum atomic E-state index is -0.788. The highest BCUT2D eigenvalue weighted by Gasteiger charge is 2.31. The lowest BCUT2D eigenvalue weighted by atomic mass is 10.1. The van der Waals surface area contributed by atoms with E-state index in [-0.39, 0.29) is 16.8 Å². The maximum atomic E-state index is 13.1. The number of carbonyl (C=O) groups is 3. The van der Waals surface area contributed by atoms with E-state index >= 15 is 0 Å². The molecule has 5 nitrogen and oxygen atoms in total. The number of nitrogens with zero attached hydrogens (tertiary/aromatic N) is 1. The van der Waals surface area contributed by atoms with Gasteiger partial charge in [0.05, 0.1) is 18.6 Å². The second-order valence-electron chi connectivity index (χ2n) is 7.13. The van der Waals surface area contributed by atoms with Crippen LogP contribution < -0.4 is 4.90 Å². The molecule has 29 heavy (non-hydrogen) atoms. The number of ether oxygens (including phenoxy) is 1. The van der Waals surface area contributed by atoms with Gasteiger partial charge in [-0.15, -0.1) is 0 Å². The summed E-state index contributed by atoms with van der Waals surface area (Å²) in [5, 5.41) is 0.0169. The van der Waals surface area contributed by atoms with E-state index in [2.05, 4.69) is 22.9 Å². The molecule has 1 aromatic rings. The van der Waals surface area contributed by atoms with Gasteiger partial charge in [0.2, 0.25) is 5.91 Å². The summed E-state index contributed by atoms with van der Waals surface area (Å²) in [5.41, 5.74) is 2.42. The molecule has 1 atom stereocenters. The molecule has 1 rings (SSSR count). The second kappa shape index (κ2) is 13.1. The topological polar surface area (TPSA) is 63.7 Å². The van der Waals surface area contributed by atoms with Crippen LogP contribution in [0.1, 0.15) is 63.5 Å². The molecule has 0 aromatic heterocycles. The Hall–Kier alpha value is -1.34. The predicted molar refractivity (Wildman–Crippen MR) is 123 cm³/mol. The van der Waals surface area contributed by atoms with Gasteiger partial charge in [0, 0.05) is 10.9 Å². The van der Waals surface area contributed by atoms with Crippen LogP contribution in [0.3, 0.4) is 0 Å². The van der Waals surface area contributed by atoms with Gasteiger partial charge in [-0.2, -0.15) is 0 Å². The number of anilines is 1. The number of hydrogen-bond donors (Lipinski definition) is 0. The molecule has 0 saturated carbocycles. The standard InChI is InChI=1S/C22H32BrNO4S/c1-6-7-8-9-10-11-20(26)29-14-19(25)24(17(4)22(27)28-5)21-15(2)12-13-18(23)16(21)3/h12-13,17H,6-11,14H2,1-5H3/t17-/m0/s1. The van der Waals surface area contributed by atoms with Crippen LogP contribution in [-0.4, -0.2) is 35.9 Å². The molecule has 0 bridgehead atoms. The molecule has 0 unspecified atom stereocenters. The first-order chi connectivity index (χ1) is 13.7. The zero-order valence-electron chi connectivity index (χ0n) is 18.0. The number of unbranched alkanes of at least 4 members (excludes halogenated alkanes) is 4. The Bertz CT molecular complexity index is 723. The maximum absolute atomic E-state index is 13.1. The van der Waals surface area contributed by atoms with Crippen molar-refractivity contribution in [3.63, 3.8) is 0 Å². The van der Waals surface area contributed by atoms with Crippen molar-refractivity contribution in [3.05, 3.63) is 27.7 Å². The van der Waals surface area contributed by atoms with E-state index in [0.717, 1.165) is 46.6 Å². The number of benzene rings is 1. The van der Waals surface area contributed by atoms with Gasteiger partial charge >= 0.3 is 5.97 Å². The Labute approximate surface area is 187 Å². The lowest BCUT2D eigenvalue weighted by Crippen LogP contribution is -2.45. The van der Waals surface area contributed by atoms with E-state index in [9.17, 15) is 14.4 Å². The van der Waals surface area contributed by atoms with Crippen molar-refractivity contribution in [2.24, 2.45) is 0 Å². The molecular weight excluding hydrogens is 454 g/mol. The second-order valence-corrected chi connectivity index (χ2v) is 9.01. The zero-order chi connectivity index (χ0) is 22.0. The highest BCUT2D eigenvalue weighted by Crippen LogP contribution is 2.33. The van der Waals surface area contributed by atoms with Crippen LogP contribution in [0.5, 0.6) is 0 Å². The average Bonchev–Trinajstić information content (AvgIpc) is 2.70. The summed E-state index contributed by atoms with van der Waals surface area (Å²) in [6.07, 6.45) is 5.86. The number of thioether (sulfide) groups is 1. The molecule has 0 aliphatic heterocycles. The summed E-state index contributed by atoms with van der Waals surface area (Å²) in [6.45, 7) is 7.59. The number of halogens is 1. The molecule has 0 aliphatic carbocycles. The number of amides is 1. The molecule has 1 amide bonds. The number of carbonyl (C=O) groups excluding carboxylic acids is 3. The Balaban J connectivity index is 2.90. The highest BCUT2D eigenvalue weighted by atomic mass is 79.9. The van der Waals surface area contributed by atoms with Gasteiger partial charge in [-0.3, -0.25) is 14.5 Å². The van der Waals surface area contributed by atoms with E-state index in [4.69, 9.17) is 4.74 Å². The Morgan fingerprint density at radius 2 is 1.79 bits per heavy atom. The number of hydrogen-bond acceptors (Lipinski definition) is 5. The fraction of sp³-hybridized carbons (Fsp3) is 0.591. The van der Waals surface area contributed by atoms with Crippen LogP contribution in [0.2, 0.25) is 0 Å². The quantitative estimate of drug-likeness (QED) is 0.302. The van der Waals surface area contributed by atoms with E-state index in [1.165, 1.54) is 24.9 Å². The lowest BCUT2D eigenvalue weighted by molar-refractivity contribution is -0.142. The van der Waals surface area contributed by atoms with Crippen molar-refractivity contribution in [3.8, 4) is 0 Å². The molecule has 0 radical (unpaired) electrons. The zero-order valence-corrected chi connectivity index (χ0v) is 20.5. The van der Waals surface area contributed by atoms with Gasteiger partial charge in [0.1, 0.15) is 6.04 Å². The highest BCUT2D eigenvalue weighted by molar-refractivity contribution is 9.10. The first-order valence-corrected chi connectivity index (χ1v) is 11.8. The van der Waals surface area contributed by atoms with Crippen LogP contribution in [-0.2, 0) is 19.1 Å². The molecular formula is C22H32BrNO4S. The minimum absolute atomic E-state index is 0.000517. The SMILES string of the molecule is CCCCCCCC(=O)SCC(=O)N(c1c(C)ccc(Br)c1C)[C@@H](C)C(=O)OC. The van der Waals surface area contributed by atoms with E-state index in [0.29, 0.717) is 12.1 Å². The Kier molecular flexibility index (Phi) is 11.6.